The lowest BCUT2D eigenvalue weighted by atomic mass is 9.84. The summed E-state index contributed by atoms with van der Waals surface area (Å²) in [5.41, 5.74) is 12.7. The van der Waals surface area contributed by atoms with E-state index in [2.05, 4.69) is 183 Å². The SMILES string of the molecule is CC(C)c1ccc(N(c2ccc(C3CCCCC3)cc2)c2c(N(c3ccc(C(C)C)cc3)c3ccc(C4CCCCC4)cc3)c3ccccc3c3ccccc23)cc1. The molecule has 0 unspecified atom stereocenters. The molecule has 2 saturated carbocycles. The fourth-order valence-corrected chi connectivity index (χ4v) is 10.1. The van der Waals surface area contributed by atoms with E-state index in [-0.39, 0.29) is 0 Å². The van der Waals surface area contributed by atoms with Gasteiger partial charge in [-0.3, -0.25) is 0 Å². The maximum absolute atomic E-state index is 2.56. The molecule has 0 spiro atoms. The molecule has 2 fully saturated rings. The third kappa shape index (κ3) is 7.55. The van der Waals surface area contributed by atoms with E-state index in [4.69, 9.17) is 0 Å². The Hall–Kier alpha value is -5.34. The summed E-state index contributed by atoms with van der Waals surface area (Å²) in [4.78, 5) is 5.12. The molecule has 0 bridgehead atoms. The van der Waals surface area contributed by atoms with Gasteiger partial charge in [-0.25, -0.2) is 0 Å². The molecule has 58 heavy (non-hydrogen) atoms. The minimum absolute atomic E-state index is 0.454. The predicted molar refractivity (Wildman–Crippen MR) is 251 cm³/mol. The number of nitrogens with zero attached hydrogens (tertiary/aromatic N) is 2. The molecule has 0 saturated heterocycles. The highest BCUT2D eigenvalue weighted by Gasteiger charge is 2.28. The molecule has 0 radical (unpaired) electrons. The van der Waals surface area contributed by atoms with Gasteiger partial charge in [0.2, 0.25) is 0 Å². The average Bonchev–Trinajstić information content (AvgIpc) is 3.28. The van der Waals surface area contributed by atoms with Gasteiger partial charge in [0.05, 0.1) is 11.4 Å². The molecule has 0 atom stereocenters. The summed E-state index contributed by atoms with van der Waals surface area (Å²) in [5, 5.41) is 5.01. The van der Waals surface area contributed by atoms with Crippen molar-refractivity contribution in [2.45, 2.75) is 116 Å². The van der Waals surface area contributed by atoms with Crippen molar-refractivity contribution in [2.24, 2.45) is 0 Å². The standard InChI is InChI=1S/C56H60N2/c1-39(2)41-23-31-47(32-24-41)57(49-35-27-45(28-36-49)43-15-7-5-8-16-43)55-53-21-13-11-19-51(53)52-20-12-14-22-54(52)56(55)58(48-33-25-42(26-34-48)40(3)4)50-37-29-46(30-38-50)44-17-9-6-10-18-44/h11-14,19-40,43-44H,5-10,15-18H2,1-4H3. The maximum Gasteiger partial charge on any atom is 0.0788 e. The summed E-state index contributed by atoms with van der Waals surface area (Å²) in [7, 11) is 0. The largest absolute Gasteiger partial charge is 0.308 e. The summed E-state index contributed by atoms with van der Waals surface area (Å²) in [6.07, 6.45) is 13.3. The number of benzene rings is 7. The Balaban J connectivity index is 1.33. The highest BCUT2D eigenvalue weighted by Crippen LogP contribution is 2.53. The van der Waals surface area contributed by atoms with Crippen LogP contribution in [0.3, 0.4) is 0 Å². The number of hydrogen-bond acceptors (Lipinski definition) is 2. The first kappa shape index (κ1) is 38.2. The second-order valence-electron chi connectivity index (χ2n) is 17.8. The first-order valence-electron chi connectivity index (χ1n) is 22.4. The van der Waals surface area contributed by atoms with Crippen molar-refractivity contribution in [3.8, 4) is 0 Å². The van der Waals surface area contributed by atoms with Gasteiger partial charge in [-0.05, 0) is 131 Å². The summed E-state index contributed by atoms with van der Waals surface area (Å²) >= 11 is 0. The zero-order valence-electron chi connectivity index (χ0n) is 35.1. The monoisotopic (exact) mass is 760 g/mol. The molecular formula is C56H60N2. The second kappa shape index (κ2) is 16.9. The van der Waals surface area contributed by atoms with Crippen LogP contribution in [0.2, 0.25) is 0 Å². The molecule has 2 heteroatoms. The number of anilines is 6. The molecule has 2 nitrogen and oxygen atoms in total. The van der Waals surface area contributed by atoms with Crippen LogP contribution in [0.15, 0.2) is 146 Å². The minimum Gasteiger partial charge on any atom is -0.308 e. The first-order chi connectivity index (χ1) is 28.4. The predicted octanol–water partition coefficient (Wildman–Crippen LogP) is 17.3. The second-order valence-corrected chi connectivity index (χ2v) is 17.8. The van der Waals surface area contributed by atoms with Crippen LogP contribution in [0.4, 0.5) is 34.1 Å². The normalized spacial score (nSPS) is 15.4. The van der Waals surface area contributed by atoms with Gasteiger partial charge in [0.15, 0.2) is 0 Å². The highest BCUT2D eigenvalue weighted by atomic mass is 15.2. The molecule has 7 aromatic carbocycles. The van der Waals surface area contributed by atoms with Gasteiger partial charge in [0, 0.05) is 33.5 Å². The third-order valence-corrected chi connectivity index (χ3v) is 13.4. The Labute approximate surface area is 347 Å². The lowest BCUT2D eigenvalue weighted by molar-refractivity contribution is 0.443. The van der Waals surface area contributed by atoms with E-state index in [1.807, 2.05) is 0 Å². The topological polar surface area (TPSA) is 6.48 Å². The number of rotatable bonds is 10. The van der Waals surface area contributed by atoms with Crippen LogP contribution in [-0.2, 0) is 0 Å². The van der Waals surface area contributed by atoms with Gasteiger partial charge in [-0.15, -0.1) is 0 Å². The van der Waals surface area contributed by atoms with Crippen molar-refractivity contribution in [3.63, 3.8) is 0 Å². The molecule has 0 aliphatic heterocycles. The quantitative estimate of drug-likeness (QED) is 0.101. The van der Waals surface area contributed by atoms with Crippen LogP contribution >= 0.6 is 0 Å². The van der Waals surface area contributed by atoms with Crippen molar-refractivity contribution >= 4 is 55.7 Å². The molecule has 294 valence electrons. The molecule has 0 heterocycles. The van der Waals surface area contributed by atoms with Crippen LogP contribution in [0.5, 0.6) is 0 Å². The fraction of sp³-hybridized carbons (Fsp3) is 0.321. The summed E-state index contributed by atoms with van der Waals surface area (Å²) in [6, 6.07) is 56.2. The van der Waals surface area contributed by atoms with Crippen molar-refractivity contribution in [1.29, 1.82) is 0 Å². The summed E-state index contributed by atoms with van der Waals surface area (Å²) in [5.74, 6) is 2.21. The number of fused-ring (bicyclic) bond motifs is 3. The average molecular weight is 761 g/mol. The van der Waals surface area contributed by atoms with Gasteiger partial charge in [-0.1, -0.05) is 163 Å². The van der Waals surface area contributed by atoms with Crippen LogP contribution < -0.4 is 9.80 Å². The molecule has 9 rings (SSSR count). The zero-order valence-corrected chi connectivity index (χ0v) is 35.1. The van der Waals surface area contributed by atoms with E-state index in [0.717, 1.165) is 0 Å². The lowest BCUT2D eigenvalue weighted by Gasteiger charge is -2.36. The molecule has 2 aliphatic carbocycles. The molecular weight excluding hydrogens is 701 g/mol. The zero-order chi connectivity index (χ0) is 39.6. The van der Waals surface area contributed by atoms with E-state index >= 15 is 0 Å². The van der Waals surface area contributed by atoms with Crippen LogP contribution in [0.1, 0.15) is 138 Å². The van der Waals surface area contributed by atoms with Crippen molar-refractivity contribution in [3.05, 3.63) is 168 Å². The molecule has 0 aromatic heterocycles. The summed E-state index contributed by atoms with van der Waals surface area (Å²) < 4.78 is 0. The Kier molecular flexibility index (Phi) is 11.1. The Morgan fingerprint density at radius 1 is 0.345 bits per heavy atom. The lowest BCUT2D eigenvalue weighted by Crippen LogP contribution is -2.18. The van der Waals surface area contributed by atoms with E-state index < -0.39 is 0 Å². The Morgan fingerprint density at radius 3 is 0.948 bits per heavy atom. The van der Waals surface area contributed by atoms with Crippen molar-refractivity contribution < 1.29 is 0 Å². The molecule has 2 aliphatic rings. The van der Waals surface area contributed by atoms with Gasteiger partial charge in [0.25, 0.3) is 0 Å². The van der Waals surface area contributed by atoms with Crippen LogP contribution in [0.25, 0.3) is 21.5 Å². The van der Waals surface area contributed by atoms with E-state index in [1.165, 1.54) is 142 Å². The molecule has 0 amide bonds. The Morgan fingerprint density at radius 2 is 0.638 bits per heavy atom. The van der Waals surface area contributed by atoms with Gasteiger partial charge < -0.3 is 9.80 Å². The van der Waals surface area contributed by atoms with Crippen molar-refractivity contribution in [2.75, 3.05) is 9.80 Å². The highest BCUT2D eigenvalue weighted by molar-refractivity contribution is 6.23. The van der Waals surface area contributed by atoms with E-state index in [9.17, 15) is 0 Å². The third-order valence-electron chi connectivity index (χ3n) is 13.4. The van der Waals surface area contributed by atoms with Gasteiger partial charge in [-0.2, -0.15) is 0 Å². The minimum atomic E-state index is 0.454. The van der Waals surface area contributed by atoms with E-state index in [0.29, 0.717) is 23.7 Å². The first-order valence-corrected chi connectivity index (χ1v) is 22.4. The van der Waals surface area contributed by atoms with Crippen molar-refractivity contribution in [1.82, 2.24) is 0 Å². The number of hydrogen-bond donors (Lipinski definition) is 0. The van der Waals surface area contributed by atoms with Gasteiger partial charge >= 0.3 is 0 Å². The molecule has 0 N–H and O–H groups in total. The summed E-state index contributed by atoms with van der Waals surface area (Å²) in [6.45, 7) is 9.14. The maximum atomic E-state index is 2.56. The van der Waals surface area contributed by atoms with Gasteiger partial charge in [0.1, 0.15) is 0 Å². The smallest absolute Gasteiger partial charge is 0.0788 e. The fourth-order valence-electron chi connectivity index (χ4n) is 10.1. The molecule has 7 aromatic rings. The van der Waals surface area contributed by atoms with E-state index in [1.54, 1.807) is 0 Å². The van der Waals surface area contributed by atoms with Crippen LogP contribution in [-0.4, -0.2) is 0 Å². The van der Waals surface area contributed by atoms with Crippen LogP contribution in [0, 0.1) is 0 Å². The Bertz CT molecular complexity index is 2270.